The minimum Gasteiger partial charge on any atom is -0.450 e. The highest BCUT2D eigenvalue weighted by Gasteiger charge is 2.43. The normalized spacial score (nSPS) is 15.5. The number of benzene rings is 2. The van der Waals surface area contributed by atoms with Gasteiger partial charge in [-0.15, -0.1) is 0 Å². The van der Waals surface area contributed by atoms with Gasteiger partial charge in [-0.2, -0.15) is 0 Å². The Morgan fingerprint density at radius 2 is 1.90 bits per heavy atom. The molecule has 2 aromatic heterocycles. The van der Waals surface area contributed by atoms with Crippen molar-refractivity contribution < 1.29 is 13.6 Å². The van der Waals surface area contributed by atoms with E-state index in [1.165, 1.54) is 11.0 Å². The minimum atomic E-state index is -0.884. The first-order valence-electron chi connectivity index (χ1n) is 9.98. The third-order valence-corrected chi connectivity index (χ3v) is 5.69. The van der Waals surface area contributed by atoms with Gasteiger partial charge in [-0.1, -0.05) is 30.3 Å². The first-order valence-corrected chi connectivity index (χ1v) is 9.98. The standard InChI is InChI=1S/C25H19FN2O3/c1-14-10-15(2)20-19(11-14)31-24-21(23(20)29)22(17-7-3-4-8-18(17)26)28(25(24)30)13-16-6-5-9-27-12-16/h3-12,22H,13H2,1-2H3. The summed E-state index contributed by atoms with van der Waals surface area (Å²) in [7, 11) is 0. The molecule has 1 aliphatic heterocycles. The number of aryl methyl sites for hydroxylation is 2. The van der Waals surface area contributed by atoms with Crippen molar-refractivity contribution in [2.45, 2.75) is 26.4 Å². The van der Waals surface area contributed by atoms with Gasteiger partial charge in [0.15, 0.2) is 5.43 Å². The lowest BCUT2D eigenvalue weighted by Crippen LogP contribution is -2.29. The Morgan fingerprint density at radius 3 is 2.65 bits per heavy atom. The van der Waals surface area contributed by atoms with Gasteiger partial charge in [0, 0.05) is 24.5 Å². The second kappa shape index (κ2) is 7.16. The molecule has 0 saturated heterocycles. The van der Waals surface area contributed by atoms with E-state index < -0.39 is 17.8 Å². The number of aromatic nitrogens is 1. The van der Waals surface area contributed by atoms with Gasteiger partial charge >= 0.3 is 0 Å². The Hall–Kier alpha value is -3.80. The van der Waals surface area contributed by atoms with Crippen LogP contribution in [0.25, 0.3) is 11.0 Å². The van der Waals surface area contributed by atoms with Gasteiger partial charge in [0.05, 0.1) is 17.0 Å². The van der Waals surface area contributed by atoms with Crippen molar-refractivity contribution in [2.75, 3.05) is 0 Å². The average Bonchev–Trinajstić information content (AvgIpc) is 3.01. The van der Waals surface area contributed by atoms with E-state index >= 15 is 0 Å². The Morgan fingerprint density at radius 1 is 1.10 bits per heavy atom. The van der Waals surface area contributed by atoms with E-state index in [9.17, 15) is 14.0 Å². The van der Waals surface area contributed by atoms with Crippen LogP contribution in [0.2, 0.25) is 0 Å². The van der Waals surface area contributed by atoms with Crippen molar-refractivity contribution in [3.05, 3.63) is 111 Å². The minimum absolute atomic E-state index is 0.0281. The third-order valence-electron chi connectivity index (χ3n) is 5.69. The molecule has 0 bridgehead atoms. The second-order valence-corrected chi connectivity index (χ2v) is 7.85. The summed E-state index contributed by atoms with van der Waals surface area (Å²) >= 11 is 0. The fourth-order valence-corrected chi connectivity index (χ4v) is 4.39. The third kappa shape index (κ3) is 3.03. The van der Waals surface area contributed by atoms with Crippen LogP contribution in [0.5, 0.6) is 0 Å². The Balaban J connectivity index is 1.79. The number of fused-ring (bicyclic) bond motifs is 2. The fourth-order valence-electron chi connectivity index (χ4n) is 4.39. The van der Waals surface area contributed by atoms with Gasteiger partial charge in [-0.3, -0.25) is 14.6 Å². The van der Waals surface area contributed by atoms with Gasteiger partial charge in [0.1, 0.15) is 11.4 Å². The van der Waals surface area contributed by atoms with Crippen LogP contribution in [0.1, 0.15) is 44.4 Å². The van der Waals surface area contributed by atoms with Crippen LogP contribution in [-0.4, -0.2) is 15.8 Å². The van der Waals surface area contributed by atoms with Crippen LogP contribution in [-0.2, 0) is 6.54 Å². The predicted octanol–water partition coefficient (Wildman–Crippen LogP) is 4.69. The molecule has 5 rings (SSSR count). The van der Waals surface area contributed by atoms with E-state index in [1.54, 1.807) is 42.7 Å². The SMILES string of the molecule is Cc1cc(C)c2c(=O)c3c(oc2c1)C(=O)N(Cc1cccnc1)C3c1ccccc1F. The summed E-state index contributed by atoms with van der Waals surface area (Å²) < 4.78 is 20.9. The van der Waals surface area contributed by atoms with Gasteiger partial charge in [-0.25, -0.2) is 4.39 Å². The largest absolute Gasteiger partial charge is 0.450 e. The smallest absolute Gasteiger partial charge is 0.291 e. The summed E-state index contributed by atoms with van der Waals surface area (Å²) in [6.07, 6.45) is 3.29. The van der Waals surface area contributed by atoms with E-state index in [4.69, 9.17) is 4.42 Å². The second-order valence-electron chi connectivity index (χ2n) is 7.85. The maximum absolute atomic E-state index is 14.9. The number of halogens is 1. The predicted molar refractivity (Wildman–Crippen MR) is 114 cm³/mol. The van der Waals surface area contributed by atoms with Gasteiger partial charge < -0.3 is 9.32 Å². The number of nitrogens with zero attached hydrogens (tertiary/aromatic N) is 2. The molecule has 0 spiro atoms. The van der Waals surface area contributed by atoms with Crippen LogP contribution < -0.4 is 5.43 Å². The monoisotopic (exact) mass is 414 g/mol. The van der Waals surface area contributed by atoms with Gasteiger partial charge in [0.25, 0.3) is 5.91 Å². The number of rotatable bonds is 3. The summed E-state index contributed by atoms with van der Waals surface area (Å²) in [6, 6.07) is 12.6. The van der Waals surface area contributed by atoms with Gasteiger partial charge in [0.2, 0.25) is 5.76 Å². The highest BCUT2D eigenvalue weighted by molar-refractivity contribution is 5.99. The van der Waals surface area contributed by atoms with Crippen LogP contribution in [0.15, 0.2) is 70.1 Å². The van der Waals surface area contributed by atoms with E-state index in [0.717, 1.165) is 16.7 Å². The number of hydrogen-bond donors (Lipinski definition) is 0. The average molecular weight is 414 g/mol. The Kier molecular flexibility index (Phi) is 4.43. The van der Waals surface area contributed by atoms with Crippen molar-refractivity contribution in [1.82, 2.24) is 9.88 Å². The molecule has 3 heterocycles. The molecular weight excluding hydrogens is 395 g/mol. The molecule has 1 atom stereocenters. The Labute approximate surface area is 177 Å². The first kappa shape index (κ1) is 19.2. The van der Waals surface area contributed by atoms with Crippen LogP contribution in [0.3, 0.4) is 0 Å². The van der Waals surface area contributed by atoms with Crippen molar-refractivity contribution in [3.8, 4) is 0 Å². The molecule has 6 heteroatoms. The quantitative estimate of drug-likeness (QED) is 0.488. The van der Waals surface area contributed by atoms with E-state index in [1.807, 2.05) is 26.0 Å². The molecule has 1 aliphatic rings. The van der Waals surface area contributed by atoms with Gasteiger partial charge in [-0.05, 0) is 48.7 Å². The molecule has 4 aromatic rings. The van der Waals surface area contributed by atoms with E-state index in [-0.39, 0.29) is 28.9 Å². The zero-order valence-corrected chi connectivity index (χ0v) is 17.1. The van der Waals surface area contributed by atoms with Crippen molar-refractivity contribution in [1.29, 1.82) is 0 Å². The summed E-state index contributed by atoms with van der Waals surface area (Å²) in [5.74, 6) is -0.950. The van der Waals surface area contributed by atoms with Crippen molar-refractivity contribution in [2.24, 2.45) is 0 Å². The molecule has 2 aromatic carbocycles. The number of carbonyl (C=O) groups is 1. The zero-order valence-electron chi connectivity index (χ0n) is 17.1. The molecule has 0 radical (unpaired) electrons. The molecule has 154 valence electrons. The number of carbonyl (C=O) groups excluding carboxylic acids is 1. The summed E-state index contributed by atoms with van der Waals surface area (Å²) in [5.41, 5.74) is 2.96. The van der Waals surface area contributed by atoms with Crippen molar-refractivity contribution >= 4 is 16.9 Å². The molecular formula is C25H19FN2O3. The molecule has 0 N–H and O–H groups in total. The lowest BCUT2D eigenvalue weighted by atomic mass is 9.96. The number of pyridine rings is 1. The van der Waals surface area contributed by atoms with E-state index in [2.05, 4.69) is 4.98 Å². The summed E-state index contributed by atoms with van der Waals surface area (Å²) in [6.45, 7) is 3.91. The highest BCUT2D eigenvalue weighted by atomic mass is 19.1. The molecule has 0 fully saturated rings. The highest BCUT2D eigenvalue weighted by Crippen LogP contribution is 2.40. The first-order chi connectivity index (χ1) is 15.0. The van der Waals surface area contributed by atoms with Crippen LogP contribution >= 0.6 is 0 Å². The molecule has 0 aliphatic carbocycles. The van der Waals surface area contributed by atoms with Crippen LogP contribution in [0, 0.1) is 19.7 Å². The topological polar surface area (TPSA) is 63.4 Å². The molecule has 5 nitrogen and oxygen atoms in total. The molecule has 1 unspecified atom stereocenters. The van der Waals surface area contributed by atoms with E-state index in [0.29, 0.717) is 11.0 Å². The molecule has 0 saturated carbocycles. The molecule has 31 heavy (non-hydrogen) atoms. The number of hydrogen-bond acceptors (Lipinski definition) is 4. The maximum Gasteiger partial charge on any atom is 0.291 e. The lowest BCUT2D eigenvalue weighted by molar-refractivity contribution is 0.0712. The molecule has 1 amide bonds. The fraction of sp³-hybridized carbons (Fsp3) is 0.160. The van der Waals surface area contributed by atoms with Crippen LogP contribution in [0.4, 0.5) is 4.39 Å². The van der Waals surface area contributed by atoms with Crippen molar-refractivity contribution in [3.63, 3.8) is 0 Å². The lowest BCUT2D eigenvalue weighted by Gasteiger charge is -2.25. The Bertz CT molecular complexity index is 1400. The summed E-state index contributed by atoms with van der Waals surface area (Å²) in [4.78, 5) is 32.6. The summed E-state index contributed by atoms with van der Waals surface area (Å²) in [5, 5.41) is 0.418. The maximum atomic E-state index is 14.9. The zero-order chi connectivity index (χ0) is 21.7. The number of amides is 1.